The molecule has 0 radical (unpaired) electrons. The number of nitrogens with zero attached hydrogens (tertiary/aromatic N) is 6. The van der Waals surface area contributed by atoms with Gasteiger partial charge in [-0.1, -0.05) is 11.6 Å². The molecule has 0 amide bonds. The predicted octanol–water partition coefficient (Wildman–Crippen LogP) is 2.38. The van der Waals surface area contributed by atoms with Crippen molar-refractivity contribution in [2.75, 3.05) is 6.54 Å². The molecule has 0 bridgehead atoms. The van der Waals surface area contributed by atoms with Gasteiger partial charge in [0.2, 0.25) is 10.0 Å². The van der Waals surface area contributed by atoms with Gasteiger partial charge in [0.15, 0.2) is 5.65 Å². The van der Waals surface area contributed by atoms with E-state index < -0.39 is 10.0 Å². The van der Waals surface area contributed by atoms with E-state index in [1.807, 2.05) is 19.2 Å². The van der Waals surface area contributed by atoms with Crippen molar-refractivity contribution in [3.63, 3.8) is 0 Å². The minimum Gasteiger partial charge on any atom is -0.256 e. The first-order valence-corrected chi connectivity index (χ1v) is 10.6. The summed E-state index contributed by atoms with van der Waals surface area (Å²) in [6, 6.07) is 1.88. The summed E-state index contributed by atoms with van der Waals surface area (Å²) in [7, 11) is -2.05. The maximum absolute atomic E-state index is 13.0. The maximum Gasteiger partial charge on any atom is 0.247 e. The van der Waals surface area contributed by atoms with E-state index in [1.54, 1.807) is 11.6 Å². The van der Waals surface area contributed by atoms with Gasteiger partial charge in [0.25, 0.3) is 0 Å². The molecule has 2 atom stereocenters. The largest absolute Gasteiger partial charge is 0.256 e. The molecule has 1 aliphatic rings. The van der Waals surface area contributed by atoms with Gasteiger partial charge in [-0.3, -0.25) is 4.68 Å². The smallest absolute Gasteiger partial charge is 0.247 e. The van der Waals surface area contributed by atoms with Crippen LogP contribution in [-0.4, -0.2) is 49.7 Å². The van der Waals surface area contributed by atoms with Crippen molar-refractivity contribution >= 4 is 27.3 Å². The third-order valence-electron chi connectivity index (χ3n) is 5.34. The van der Waals surface area contributed by atoms with Gasteiger partial charge < -0.3 is 0 Å². The van der Waals surface area contributed by atoms with E-state index in [0.717, 1.165) is 24.1 Å². The number of halogens is 1. The Labute approximate surface area is 162 Å². The summed E-state index contributed by atoms with van der Waals surface area (Å²) in [6.45, 7) is 4.44. The van der Waals surface area contributed by atoms with Gasteiger partial charge in [-0.25, -0.2) is 17.9 Å². The lowest BCUT2D eigenvalue weighted by Crippen LogP contribution is -2.44. The Morgan fingerprint density at radius 1 is 1.30 bits per heavy atom. The van der Waals surface area contributed by atoms with Gasteiger partial charge in [0.05, 0.1) is 6.20 Å². The second-order valence-electron chi connectivity index (χ2n) is 7.08. The van der Waals surface area contributed by atoms with Crippen LogP contribution in [0.4, 0.5) is 0 Å². The molecule has 0 spiro atoms. The zero-order chi connectivity index (χ0) is 19.3. The molecule has 1 aliphatic heterocycles. The average Bonchev–Trinajstić information content (AvgIpc) is 3.20. The first kappa shape index (κ1) is 18.4. The lowest BCUT2D eigenvalue weighted by atomic mass is 9.86. The lowest BCUT2D eigenvalue weighted by Gasteiger charge is -2.37. The average molecular weight is 409 g/mol. The Kier molecular flexibility index (Phi) is 4.48. The summed E-state index contributed by atoms with van der Waals surface area (Å²) in [4.78, 5) is 4.28. The normalized spacial score (nSPS) is 21.8. The number of aryl methyl sites for hydroxylation is 2. The Morgan fingerprint density at radius 2 is 2.07 bits per heavy atom. The quantitative estimate of drug-likeness (QED) is 0.664. The molecule has 144 valence electrons. The predicted molar refractivity (Wildman–Crippen MR) is 101 cm³/mol. The molecule has 0 aromatic carbocycles. The third kappa shape index (κ3) is 3.03. The lowest BCUT2D eigenvalue weighted by molar-refractivity contribution is 0.245. The standard InChI is InChI=1S/C17H21ClN6O2S/c1-11-6-16-19-10-21-23(16)9-14(11)13-4-5-24(12(2)7-13)27(25,26)15-8-20-22(3)17(15)18/h6,8-10,12-13H,4-5,7H2,1-3H3. The van der Waals surface area contributed by atoms with Crippen LogP contribution in [0.2, 0.25) is 5.15 Å². The fourth-order valence-corrected chi connectivity index (χ4v) is 5.96. The molecule has 0 N–H and O–H groups in total. The highest BCUT2D eigenvalue weighted by atomic mass is 35.5. The van der Waals surface area contributed by atoms with Crippen LogP contribution in [0.25, 0.3) is 5.65 Å². The molecule has 10 heteroatoms. The monoisotopic (exact) mass is 408 g/mol. The molecule has 3 aromatic rings. The highest BCUT2D eigenvalue weighted by Gasteiger charge is 2.37. The van der Waals surface area contributed by atoms with E-state index in [0.29, 0.717) is 6.54 Å². The Balaban J connectivity index is 1.60. The number of piperidine rings is 1. The van der Waals surface area contributed by atoms with E-state index in [1.165, 1.54) is 27.1 Å². The minimum atomic E-state index is -3.67. The van der Waals surface area contributed by atoms with Gasteiger partial charge in [0, 0.05) is 25.8 Å². The summed E-state index contributed by atoms with van der Waals surface area (Å²) in [6.07, 6.45) is 6.34. The zero-order valence-corrected chi connectivity index (χ0v) is 16.9. The summed E-state index contributed by atoms with van der Waals surface area (Å²) in [5.74, 6) is 0.268. The Bertz CT molecular complexity index is 1110. The van der Waals surface area contributed by atoms with E-state index >= 15 is 0 Å². The molecule has 4 rings (SSSR count). The molecule has 3 aromatic heterocycles. The SMILES string of the molecule is Cc1cc2ncnn2cc1C1CCN(S(=O)(=O)c2cnn(C)c2Cl)C(C)C1. The van der Waals surface area contributed by atoms with Crippen molar-refractivity contribution in [3.8, 4) is 0 Å². The van der Waals surface area contributed by atoms with Gasteiger partial charge in [-0.2, -0.15) is 14.5 Å². The van der Waals surface area contributed by atoms with Crippen molar-refractivity contribution < 1.29 is 8.42 Å². The number of pyridine rings is 1. The minimum absolute atomic E-state index is 0.0668. The highest BCUT2D eigenvalue weighted by Crippen LogP contribution is 2.36. The van der Waals surface area contributed by atoms with Crippen molar-refractivity contribution in [2.45, 2.75) is 43.5 Å². The van der Waals surface area contributed by atoms with Crippen LogP contribution in [0, 0.1) is 6.92 Å². The number of rotatable bonds is 3. The second-order valence-corrected chi connectivity index (χ2v) is 9.30. The molecule has 0 aliphatic carbocycles. The number of hydrogen-bond donors (Lipinski definition) is 0. The van der Waals surface area contributed by atoms with Crippen molar-refractivity contribution in [1.29, 1.82) is 0 Å². The number of aromatic nitrogens is 5. The van der Waals surface area contributed by atoms with Crippen LogP contribution in [0.5, 0.6) is 0 Å². The Hall–Kier alpha value is -1.97. The summed E-state index contributed by atoms with van der Waals surface area (Å²) in [5.41, 5.74) is 3.16. The summed E-state index contributed by atoms with van der Waals surface area (Å²) < 4.78 is 30.8. The van der Waals surface area contributed by atoms with Crippen molar-refractivity contribution in [1.82, 2.24) is 28.7 Å². The molecule has 2 unspecified atom stereocenters. The van der Waals surface area contributed by atoms with Crippen LogP contribution in [0.3, 0.4) is 0 Å². The van der Waals surface area contributed by atoms with E-state index in [-0.39, 0.29) is 22.0 Å². The van der Waals surface area contributed by atoms with Crippen LogP contribution < -0.4 is 0 Å². The van der Waals surface area contributed by atoms with Crippen LogP contribution in [-0.2, 0) is 17.1 Å². The molecule has 8 nitrogen and oxygen atoms in total. The molecular formula is C17H21ClN6O2S. The molecule has 0 saturated carbocycles. The Morgan fingerprint density at radius 3 is 2.74 bits per heavy atom. The third-order valence-corrected chi connectivity index (χ3v) is 7.92. The van der Waals surface area contributed by atoms with Gasteiger partial charge in [-0.05, 0) is 49.8 Å². The van der Waals surface area contributed by atoms with Crippen LogP contribution in [0.1, 0.15) is 36.8 Å². The van der Waals surface area contributed by atoms with E-state index in [2.05, 4.69) is 22.1 Å². The summed E-state index contributed by atoms with van der Waals surface area (Å²) >= 11 is 6.13. The van der Waals surface area contributed by atoms with Crippen molar-refractivity contribution in [3.05, 3.63) is 41.1 Å². The first-order chi connectivity index (χ1) is 12.8. The van der Waals surface area contributed by atoms with Gasteiger partial charge >= 0.3 is 0 Å². The highest BCUT2D eigenvalue weighted by molar-refractivity contribution is 7.89. The van der Waals surface area contributed by atoms with Crippen molar-refractivity contribution in [2.24, 2.45) is 7.05 Å². The molecule has 1 fully saturated rings. The zero-order valence-electron chi connectivity index (χ0n) is 15.4. The van der Waals surface area contributed by atoms with Crippen LogP contribution >= 0.6 is 11.6 Å². The molecular weight excluding hydrogens is 388 g/mol. The number of hydrogen-bond acceptors (Lipinski definition) is 5. The molecule has 4 heterocycles. The fourth-order valence-electron chi connectivity index (χ4n) is 3.89. The number of sulfonamides is 1. The topological polar surface area (TPSA) is 85.4 Å². The molecule has 27 heavy (non-hydrogen) atoms. The van der Waals surface area contributed by atoms with Gasteiger partial charge in [0.1, 0.15) is 16.4 Å². The fraction of sp³-hybridized carbons (Fsp3) is 0.471. The maximum atomic E-state index is 13.0. The number of fused-ring (bicyclic) bond motifs is 1. The summed E-state index contributed by atoms with van der Waals surface area (Å²) in [5, 5.41) is 8.32. The van der Waals surface area contributed by atoms with E-state index in [4.69, 9.17) is 11.6 Å². The van der Waals surface area contributed by atoms with E-state index in [9.17, 15) is 8.42 Å². The van der Waals surface area contributed by atoms with Gasteiger partial charge in [-0.15, -0.1) is 0 Å². The first-order valence-electron chi connectivity index (χ1n) is 8.78. The second kappa shape index (κ2) is 6.57. The van der Waals surface area contributed by atoms with Crippen LogP contribution in [0.15, 0.2) is 29.7 Å². The molecule has 1 saturated heterocycles.